The molecule has 0 aromatic heterocycles. The molecule has 5 nitrogen and oxygen atoms in total. The number of likely N-dealkylation sites (N-methyl/N-ethyl adjacent to an activating group) is 1. The maximum atomic E-state index is 13.1. The topological polar surface area (TPSA) is 45.1 Å². The van der Waals surface area contributed by atoms with Crippen molar-refractivity contribution >= 4 is 56.2 Å². The molecule has 0 aliphatic carbocycles. The summed E-state index contributed by atoms with van der Waals surface area (Å²) >= 11 is 4.96. The summed E-state index contributed by atoms with van der Waals surface area (Å²) in [5.41, 5.74) is 3.83. The van der Waals surface area contributed by atoms with Gasteiger partial charge in [-0.15, -0.1) is 0 Å². The van der Waals surface area contributed by atoms with E-state index in [1.54, 1.807) is 17.0 Å². The van der Waals surface area contributed by atoms with Gasteiger partial charge in [-0.2, -0.15) is 0 Å². The number of amides is 1. The molecule has 0 radical (unpaired) electrons. The van der Waals surface area contributed by atoms with Crippen molar-refractivity contribution in [3.63, 3.8) is 0 Å². The number of rotatable bonds is 7. The van der Waals surface area contributed by atoms with E-state index in [0.29, 0.717) is 29.0 Å². The normalized spacial score (nSPS) is 18.0. The van der Waals surface area contributed by atoms with Crippen LogP contribution < -0.4 is 9.64 Å². The number of thioether (sulfide) groups is 1. The molecule has 196 valence electrons. The predicted molar refractivity (Wildman–Crippen MR) is 157 cm³/mol. The fourth-order valence-electron chi connectivity index (χ4n) is 4.49. The van der Waals surface area contributed by atoms with Crippen LogP contribution in [-0.2, 0) is 11.4 Å². The Morgan fingerprint density at radius 1 is 1.03 bits per heavy atom. The fourth-order valence-corrected chi connectivity index (χ4v) is 6.06. The maximum Gasteiger partial charge on any atom is 0.266 e. The molecule has 5 rings (SSSR count). The van der Waals surface area contributed by atoms with Crippen molar-refractivity contribution in [2.45, 2.75) is 32.8 Å². The lowest BCUT2D eigenvalue weighted by Crippen LogP contribution is -2.29. The second kappa shape index (κ2) is 12.2. The average Bonchev–Trinajstić information content (AvgIpc) is 3.23. The maximum absolute atomic E-state index is 13.1. The Balaban J connectivity index is 1.28. The molecule has 0 unspecified atom stereocenters. The number of piperidine rings is 1. The van der Waals surface area contributed by atoms with Crippen LogP contribution in [0.15, 0.2) is 81.1 Å². The van der Waals surface area contributed by atoms with Gasteiger partial charge in [0.2, 0.25) is 0 Å². The highest BCUT2D eigenvalue weighted by molar-refractivity contribution is 9.10. The Morgan fingerprint density at radius 3 is 2.45 bits per heavy atom. The Hall–Kier alpha value is -3.10. The first-order valence-corrected chi connectivity index (χ1v) is 14.4. The molecule has 38 heavy (non-hydrogen) atoms. The number of amidine groups is 1. The van der Waals surface area contributed by atoms with Gasteiger partial charge in [0, 0.05) is 25.3 Å². The largest absolute Gasteiger partial charge is 0.488 e. The summed E-state index contributed by atoms with van der Waals surface area (Å²) in [4.78, 5) is 22.7. The molecule has 3 aromatic carbocycles. The lowest BCUT2D eigenvalue weighted by molar-refractivity contribution is -0.122. The number of benzene rings is 3. The van der Waals surface area contributed by atoms with Crippen molar-refractivity contribution in [3.05, 3.63) is 93.1 Å². The van der Waals surface area contributed by atoms with Gasteiger partial charge in [0.05, 0.1) is 15.1 Å². The third kappa shape index (κ3) is 6.30. The Kier molecular flexibility index (Phi) is 8.49. The minimum absolute atomic E-state index is 0.0473. The molecular weight excluding hydrogens is 565 g/mol. The smallest absolute Gasteiger partial charge is 0.266 e. The number of ether oxygens (including phenoxy) is 1. The molecule has 0 bridgehead atoms. The predicted octanol–water partition coefficient (Wildman–Crippen LogP) is 7.78. The molecule has 1 amide bonds. The van der Waals surface area contributed by atoms with Gasteiger partial charge in [-0.1, -0.05) is 18.2 Å². The molecule has 0 saturated carbocycles. The molecule has 2 fully saturated rings. The first-order chi connectivity index (χ1) is 18.5. The number of halogens is 2. The van der Waals surface area contributed by atoms with E-state index < -0.39 is 0 Å². The zero-order valence-electron chi connectivity index (χ0n) is 21.2. The summed E-state index contributed by atoms with van der Waals surface area (Å²) in [6.07, 6.45) is 5.67. The zero-order valence-corrected chi connectivity index (χ0v) is 23.6. The van der Waals surface area contributed by atoms with Crippen LogP contribution in [0.4, 0.5) is 15.8 Å². The molecule has 2 heterocycles. The van der Waals surface area contributed by atoms with Crippen molar-refractivity contribution < 1.29 is 13.9 Å². The molecular formula is C30H29BrFN3O2S. The molecule has 2 aliphatic heterocycles. The van der Waals surface area contributed by atoms with Crippen molar-refractivity contribution in [1.29, 1.82) is 0 Å². The number of aliphatic imine (C=N–C) groups is 1. The van der Waals surface area contributed by atoms with Crippen LogP contribution in [0.25, 0.3) is 6.08 Å². The molecule has 2 aliphatic rings. The summed E-state index contributed by atoms with van der Waals surface area (Å²) in [6.45, 7) is 5.05. The van der Waals surface area contributed by atoms with E-state index in [-0.39, 0.29) is 11.7 Å². The van der Waals surface area contributed by atoms with Gasteiger partial charge < -0.3 is 9.64 Å². The van der Waals surface area contributed by atoms with E-state index in [1.165, 1.54) is 48.8 Å². The zero-order chi connectivity index (χ0) is 26.5. The van der Waals surface area contributed by atoms with Crippen molar-refractivity contribution in [2.75, 3.05) is 24.5 Å². The molecule has 8 heteroatoms. The van der Waals surface area contributed by atoms with Crippen LogP contribution in [0, 0.1) is 5.82 Å². The standard InChI is InChI=1S/C30H29BrFN3O2S/c1-2-35-29(36)28(38-30(35)33-24-11-13-25(14-12-24)34-16-4-3-5-17-34)19-22-8-15-27(26(31)18-22)37-20-21-6-9-23(32)10-7-21/h6-15,18-19H,2-5,16-17,20H2,1H3/b28-19-,33-30?. The molecule has 0 spiro atoms. The number of hydrogen-bond acceptors (Lipinski definition) is 5. The van der Waals surface area contributed by atoms with Crippen molar-refractivity contribution in [1.82, 2.24) is 4.90 Å². The van der Waals surface area contributed by atoms with Gasteiger partial charge in [0.25, 0.3) is 5.91 Å². The lowest BCUT2D eigenvalue weighted by atomic mass is 10.1. The summed E-state index contributed by atoms with van der Waals surface area (Å²) in [6, 6.07) is 20.2. The summed E-state index contributed by atoms with van der Waals surface area (Å²) < 4.78 is 19.8. The first kappa shape index (κ1) is 26.5. The number of carbonyl (C=O) groups is 1. The van der Waals surface area contributed by atoms with Gasteiger partial charge >= 0.3 is 0 Å². The second-order valence-electron chi connectivity index (χ2n) is 9.22. The molecule has 0 N–H and O–H groups in total. The van der Waals surface area contributed by atoms with Crippen LogP contribution >= 0.6 is 27.7 Å². The lowest BCUT2D eigenvalue weighted by Gasteiger charge is -2.28. The summed E-state index contributed by atoms with van der Waals surface area (Å²) in [5, 5.41) is 0.688. The second-order valence-corrected chi connectivity index (χ2v) is 11.1. The van der Waals surface area contributed by atoms with E-state index in [1.807, 2.05) is 43.3 Å². The Morgan fingerprint density at radius 2 is 1.76 bits per heavy atom. The van der Waals surface area contributed by atoms with E-state index in [0.717, 1.165) is 34.4 Å². The highest BCUT2D eigenvalue weighted by Gasteiger charge is 2.32. The van der Waals surface area contributed by atoms with Crippen LogP contribution in [0.3, 0.4) is 0 Å². The fraction of sp³-hybridized carbons (Fsp3) is 0.267. The highest BCUT2D eigenvalue weighted by atomic mass is 79.9. The van der Waals surface area contributed by atoms with Gasteiger partial charge in [-0.3, -0.25) is 9.69 Å². The van der Waals surface area contributed by atoms with E-state index in [2.05, 4.69) is 33.0 Å². The molecule has 2 saturated heterocycles. The SMILES string of the molecule is CCN1C(=O)/C(=C/c2ccc(OCc3ccc(F)cc3)c(Br)c2)SC1=Nc1ccc(N2CCCCC2)cc1. The first-order valence-electron chi connectivity index (χ1n) is 12.8. The van der Waals surface area contributed by atoms with Gasteiger partial charge in [0.15, 0.2) is 5.17 Å². The van der Waals surface area contributed by atoms with E-state index >= 15 is 0 Å². The number of carbonyl (C=O) groups excluding carboxylic acids is 1. The quantitative estimate of drug-likeness (QED) is 0.262. The third-order valence-corrected chi connectivity index (χ3v) is 8.19. The van der Waals surface area contributed by atoms with Gasteiger partial charge in [-0.25, -0.2) is 9.38 Å². The molecule has 0 atom stereocenters. The van der Waals surface area contributed by atoms with Gasteiger partial charge in [0.1, 0.15) is 18.2 Å². The van der Waals surface area contributed by atoms with Crippen LogP contribution in [0.2, 0.25) is 0 Å². The Labute approximate surface area is 235 Å². The van der Waals surface area contributed by atoms with Crippen LogP contribution in [-0.4, -0.2) is 35.6 Å². The average molecular weight is 595 g/mol. The summed E-state index contributed by atoms with van der Waals surface area (Å²) in [7, 11) is 0. The van der Waals surface area contributed by atoms with Crippen molar-refractivity contribution in [3.8, 4) is 5.75 Å². The minimum Gasteiger partial charge on any atom is -0.488 e. The third-order valence-electron chi connectivity index (χ3n) is 6.56. The van der Waals surface area contributed by atoms with E-state index in [4.69, 9.17) is 9.73 Å². The van der Waals surface area contributed by atoms with E-state index in [9.17, 15) is 9.18 Å². The number of hydrogen-bond donors (Lipinski definition) is 0. The van der Waals surface area contributed by atoms with Crippen LogP contribution in [0.5, 0.6) is 5.75 Å². The highest BCUT2D eigenvalue weighted by Crippen LogP contribution is 2.36. The van der Waals surface area contributed by atoms with Crippen molar-refractivity contribution in [2.24, 2.45) is 4.99 Å². The molecule has 3 aromatic rings. The number of nitrogens with zero attached hydrogens (tertiary/aromatic N) is 3. The number of anilines is 1. The van der Waals surface area contributed by atoms with Crippen LogP contribution in [0.1, 0.15) is 37.3 Å². The minimum atomic E-state index is -0.271. The Bertz CT molecular complexity index is 1350. The summed E-state index contributed by atoms with van der Waals surface area (Å²) in [5.74, 6) is 0.355. The van der Waals surface area contributed by atoms with Gasteiger partial charge in [-0.05, 0) is 120 Å². The monoisotopic (exact) mass is 593 g/mol.